The maximum atomic E-state index is 13.3. The van der Waals surface area contributed by atoms with Gasteiger partial charge in [-0.15, -0.1) is 11.3 Å². The van der Waals surface area contributed by atoms with Crippen LogP contribution < -0.4 is 4.72 Å². The number of halogens is 2. The number of esters is 1. The summed E-state index contributed by atoms with van der Waals surface area (Å²) in [6.45, 7) is 0.717. The predicted octanol–water partition coefficient (Wildman–Crippen LogP) is 3.45. The Morgan fingerprint density at radius 2 is 2.00 bits per heavy atom. The van der Waals surface area contributed by atoms with Crippen molar-refractivity contribution in [2.45, 2.75) is 17.7 Å². The Hall–Kier alpha value is -2.00. The van der Waals surface area contributed by atoms with Gasteiger partial charge in [-0.2, -0.15) is 0 Å². The van der Waals surface area contributed by atoms with Crippen molar-refractivity contribution >= 4 is 33.0 Å². The molecular formula is C14H13F2NO4S2. The number of anilines is 1. The highest BCUT2D eigenvalue weighted by atomic mass is 32.2. The Labute approximate surface area is 136 Å². The van der Waals surface area contributed by atoms with E-state index in [2.05, 4.69) is 9.46 Å². The summed E-state index contributed by atoms with van der Waals surface area (Å²) >= 11 is 0.913. The topological polar surface area (TPSA) is 72.5 Å². The highest BCUT2D eigenvalue weighted by Crippen LogP contribution is 2.30. The normalized spacial score (nSPS) is 12.0. The van der Waals surface area contributed by atoms with E-state index < -0.39 is 21.9 Å². The lowest BCUT2D eigenvalue weighted by atomic mass is 10.1. The van der Waals surface area contributed by atoms with Crippen LogP contribution in [0.3, 0.4) is 0 Å². The van der Waals surface area contributed by atoms with E-state index in [0.717, 1.165) is 31.4 Å². The molecule has 0 aliphatic rings. The molecule has 0 saturated carbocycles. The van der Waals surface area contributed by atoms with Gasteiger partial charge < -0.3 is 4.74 Å². The van der Waals surface area contributed by atoms with Crippen LogP contribution in [-0.4, -0.2) is 21.5 Å². The van der Waals surface area contributed by atoms with E-state index in [-0.39, 0.29) is 21.0 Å². The van der Waals surface area contributed by atoms with E-state index in [1.165, 1.54) is 29.6 Å². The third-order valence-corrected chi connectivity index (χ3v) is 5.36. The van der Waals surface area contributed by atoms with Gasteiger partial charge in [0.25, 0.3) is 15.9 Å². The molecule has 1 aromatic heterocycles. The number of hydrogen-bond acceptors (Lipinski definition) is 5. The van der Waals surface area contributed by atoms with Gasteiger partial charge in [-0.25, -0.2) is 22.0 Å². The first-order chi connectivity index (χ1) is 10.6. The summed E-state index contributed by atoms with van der Waals surface area (Å²) in [5.74, 6) is -3.88. The van der Waals surface area contributed by atoms with Crippen molar-refractivity contribution in [1.29, 1.82) is 0 Å². The Balaban J connectivity index is 2.37. The minimum absolute atomic E-state index is 0.0222. The molecule has 0 saturated heterocycles. The first kappa shape index (κ1) is 17.4. The number of alkyl halides is 2. The molecule has 0 radical (unpaired) electrons. The first-order valence-corrected chi connectivity index (χ1v) is 8.68. The second-order valence-corrected chi connectivity index (χ2v) is 7.25. The zero-order valence-electron chi connectivity index (χ0n) is 12.2. The summed E-state index contributed by atoms with van der Waals surface area (Å²) in [5.41, 5.74) is -0.345. The van der Waals surface area contributed by atoms with Crippen molar-refractivity contribution in [2.24, 2.45) is 0 Å². The van der Waals surface area contributed by atoms with E-state index in [1.807, 2.05) is 0 Å². The molecule has 9 heteroatoms. The van der Waals surface area contributed by atoms with Gasteiger partial charge in [0.1, 0.15) is 9.77 Å². The number of rotatable bonds is 5. The first-order valence-electron chi connectivity index (χ1n) is 6.32. The van der Waals surface area contributed by atoms with E-state index in [0.29, 0.717) is 0 Å². The fourth-order valence-corrected chi connectivity index (χ4v) is 4.20. The van der Waals surface area contributed by atoms with Gasteiger partial charge in [0.15, 0.2) is 0 Å². The van der Waals surface area contributed by atoms with Gasteiger partial charge in [0.2, 0.25) is 0 Å². The van der Waals surface area contributed by atoms with Crippen LogP contribution in [0.2, 0.25) is 0 Å². The second-order valence-electron chi connectivity index (χ2n) is 4.68. The molecule has 0 atom stereocenters. The molecule has 1 aromatic carbocycles. The minimum Gasteiger partial charge on any atom is -0.465 e. The van der Waals surface area contributed by atoms with Gasteiger partial charge in [-0.05, 0) is 23.6 Å². The average Bonchev–Trinajstić information content (AvgIpc) is 2.95. The summed E-state index contributed by atoms with van der Waals surface area (Å²) in [5, 5.41) is 1.43. The van der Waals surface area contributed by atoms with Crippen molar-refractivity contribution in [3.63, 3.8) is 0 Å². The smallest absolute Gasteiger partial charge is 0.349 e. The molecule has 0 amide bonds. The molecule has 1 heterocycles. The standard InChI is InChI=1S/C14H13F2NO4S2/c1-14(15,16)9-4-3-5-10(8-9)17-23(19,20)11-6-7-22-12(11)13(18)21-2/h3-8,17H,1-2H3. The van der Waals surface area contributed by atoms with Gasteiger partial charge in [-0.3, -0.25) is 4.72 Å². The monoisotopic (exact) mass is 361 g/mol. The van der Waals surface area contributed by atoms with Crippen LogP contribution >= 0.6 is 11.3 Å². The summed E-state index contributed by atoms with van der Waals surface area (Å²) < 4.78 is 58.1. The van der Waals surface area contributed by atoms with Gasteiger partial charge in [0.05, 0.1) is 7.11 Å². The number of ether oxygens (including phenoxy) is 1. The lowest BCUT2D eigenvalue weighted by molar-refractivity contribution is 0.0175. The molecule has 1 N–H and O–H groups in total. The molecule has 0 fully saturated rings. The number of nitrogens with one attached hydrogen (secondary N) is 1. The summed E-state index contributed by atoms with van der Waals surface area (Å²) in [6, 6.07) is 6.15. The number of sulfonamides is 1. The zero-order chi connectivity index (χ0) is 17.3. The quantitative estimate of drug-likeness (QED) is 0.828. The Bertz CT molecular complexity index is 825. The molecule has 0 spiro atoms. The molecule has 124 valence electrons. The highest BCUT2D eigenvalue weighted by Gasteiger charge is 2.27. The maximum absolute atomic E-state index is 13.3. The molecule has 0 bridgehead atoms. The van der Waals surface area contributed by atoms with Crippen molar-refractivity contribution in [3.8, 4) is 0 Å². The van der Waals surface area contributed by atoms with Crippen LogP contribution in [0, 0.1) is 0 Å². The highest BCUT2D eigenvalue weighted by molar-refractivity contribution is 7.93. The SMILES string of the molecule is COC(=O)c1sccc1S(=O)(=O)Nc1cccc(C(C)(F)F)c1. The number of benzene rings is 1. The van der Waals surface area contributed by atoms with Crippen LogP contribution in [0.15, 0.2) is 40.6 Å². The van der Waals surface area contributed by atoms with E-state index in [1.54, 1.807) is 0 Å². The third kappa shape index (κ3) is 3.85. The molecule has 23 heavy (non-hydrogen) atoms. The molecular weight excluding hydrogens is 348 g/mol. The van der Waals surface area contributed by atoms with E-state index in [9.17, 15) is 22.0 Å². The van der Waals surface area contributed by atoms with Crippen molar-refractivity contribution < 1.29 is 26.7 Å². The number of carbonyl (C=O) groups is 1. The fraction of sp³-hybridized carbons (Fsp3) is 0.214. The van der Waals surface area contributed by atoms with E-state index in [4.69, 9.17) is 0 Å². The van der Waals surface area contributed by atoms with Crippen LogP contribution in [0.25, 0.3) is 0 Å². The average molecular weight is 361 g/mol. The van der Waals surface area contributed by atoms with Crippen LogP contribution in [0.4, 0.5) is 14.5 Å². The number of thiophene rings is 1. The Morgan fingerprint density at radius 3 is 2.61 bits per heavy atom. The second kappa shape index (κ2) is 6.25. The van der Waals surface area contributed by atoms with Crippen molar-refractivity contribution in [1.82, 2.24) is 0 Å². The molecule has 0 aliphatic heterocycles. The molecule has 2 rings (SSSR count). The van der Waals surface area contributed by atoms with Gasteiger partial charge in [0, 0.05) is 18.2 Å². The molecule has 0 unspecified atom stereocenters. The predicted molar refractivity (Wildman–Crippen MR) is 82.5 cm³/mol. The fourth-order valence-electron chi connectivity index (χ4n) is 1.82. The van der Waals surface area contributed by atoms with Crippen molar-refractivity contribution in [2.75, 3.05) is 11.8 Å². The summed E-state index contributed by atoms with van der Waals surface area (Å²) in [6.07, 6.45) is 0. The Kier molecular flexibility index (Phi) is 4.71. The number of carbonyl (C=O) groups excluding carboxylic acids is 1. The lowest BCUT2D eigenvalue weighted by Crippen LogP contribution is -2.16. The molecule has 2 aromatic rings. The lowest BCUT2D eigenvalue weighted by Gasteiger charge is -2.13. The minimum atomic E-state index is -4.10. The van der Waals surface area contributed by atoms with E-state index >= 15 is 0 Å². The largest absolute Gasteiger partial charge is 0.465 e. The zero-order valence-corrected chi connectivity index (χ0v) is 13.8. The van der Waals surface area contributed by atoms with Crippen LogP contribution in [-0.2, 0) is 20.7 Å². The Morgan fingerprint density at radius 1 is 1.30 bits per heavy atom. The molecule has 5 nitrogen and oxygen atoms in total. The van der Waals surface area contributed by atoms with Gasteiger partial charge >= 0.3 is 5.97 Å². The maximum Gasteiger partial charge on any atom is 0.349 e. The number of methoxy groups -OCH3 is 1. The van der Waals surface area contributed by atoms with Crippen LogP contribution in [0.5, 0.6) is 0 Å². The molecule has 0 aliphatic carbocycles. The van der Waals surface area contributed by atoms with Crippen molar-refractivity contribution in [3.05, 3.63) is 46.2 Å². The third-order valence-electron chi connectivity index (χ3n) is 2.91. The van der Waals surface area contributed by atoms with Crippen LogP contribution in [0.1, 0.15) is 22.2 Å². The number of hydrogen-bond donors (Lipinski definition) is 1. The summed E-state index contributed by atoms with van der Waals surface area (Å²) in [7, 11) is -2.97. The summed E-state index contributed by atoms with van der Waals surface area (Å²) in [4.78, 5) is 11.2. The van der Waals surface area contributed by atoms with Gasteiger partial charge in [-0.1, -0.05) is 12.1 Å².